The van der Waals surface area contributed by atoms with E-state index in [0.29, 0.717) is 37.5 Å². The Bertz CT molecular complexity index is 1790. The van der Waals surface area contributed by atoms with Crippen LogP contribution in [0.15, 0.2) is 30.6 Å². The molecule has 0 unspecified atom stereocenters. The second kappa shape index (κ2) is 13.2. The Morgan fingerprint density at radius 1 is 0.941 bits per heavy atom. The molecule has 51 heavy (non-hydrogen) atoms. The molecule has 2 saturated carbocycles. The van der Waals surface area contributed by atoms with Gasteiger partial charge in [0, 0.05) is 93.9 Å². The molecule has 2 aromatic heterocycles. The number of carbonyl (C=O) groups excluding carboxylic acids is 2. The van der Waals surface area contributed by atoms with Crippen molar-refractivity contribution in [1.29, 1.82) is 0 Å². The lowest BCUT2D eigenvalue weighted by atomic mass is 9.78. The van der Waals surface area contributed by atoms with Crippen LogP contribution in [0.2, 0.25) is 0 Å². The molecular formula is C38H51FN8O4. The molecule has 0 radical (unpaired) electrons. The van der Waals surface area contributed by atoms with Crippen molar-refractivity contribution in [2.45, 2.75) is 64.1 Å². The maximum absolute atomic E-state index is 15.9. The quantitative estimate of drug-likeness (QED) is 0.339. The number of aromatic nitrogens is 3. The molecule has 5 heterocycles. The van der Waals surface area contributed by atoms with Gasteiger partial charge in [-0.3, -0.25) is 4.90 Å². The molecule has 2 amide bonds. The predicted molar refractivity (Wildman–Crippen MR) is 192 cm³/mol. The molecule has 5 aliphatic rings. The zero-order valence-corrected chi connectivity index (χ0v) is 30.4. The summed E-state index contributed by atoms with van der Waals surface area (Å²) in [7, 11) is 6.20. The van der Waals surface area contributed by atoms with E-state index in [1.54, 1.807) is 17.3 Å². The number of carbonyl (C=O) groups is 2. The maximum Gasteiger partial charge on any atom is 0.410 e. The predicted octanol–water partition coefficient (Wildman–Crippen LogP) is 4.96. The molecule has 274 valence electrons. The highest BCUT2D eigenvalue weighted by Crippen LogP contribution is 2.48. The Labute approximate surface area is 299 Å². The highest BCUT2D eigenvalue weighted by Gasteiger charge is 2.52. The van der Waals surface area contributed by atoms with Gasteiger partial charge in [0.1, 0.15) is 18.1 Å². The number of anilines is 1. The topological polar surface area (TPSA) is 99.5 Å². The Hall–Kier alpha value is -3.97. The van der Waals surface area contributed by atoms with Gasteiger partial charge in [-0.1, -0.05) is 6.07 Å². The van der Waals surface area contributed by atoms with Crippen molar-refractivity contribution >= 4 is 28.9 Å². The van der Waals surface area contributed by atoms with Crippen LogP contribution in [0.25, 0.3) is 22.3 Å². The molecule has 8 rings (SSSR count). The number of piperazine rings is 1. The zero-order chi connectivity index (χ0) is 35.5. The van der Waals surface area contributed by atoms with Gasteiger partial charge in [0.2, 0.25) is 0 Å². The smallest absolute Gasteiger partial charge is 0.410 e. The summed E-state index contributed by atoms with van der Waals surface area (Å²) >= 11 is 0. The summed E-state index contributed by atoms with van der Waals surface area (Å²) in [6, 6.07) is 8.65. The Morgan fingerprint density at radius 3 is 2.31 bits per heavy atom. The number of pyridine rings is 1. The first-order valence-electron chi connectivity index (χ1n) is 18.6. The molecule has 2 spiro atoms. The summed E-state index contributed by atoms with van der Waals surface area (Å²) in [5.41, 5.74) is 4.62. The molecule has 3 aliphatic heterocycles. The first-order valence-corrected chi connectivity index (χ1v) is 18.6. The van der Waals surface area contributed by atoms with E-state index in [2.05, 4.69) is 33.8 Å². The van der Waals surface area contributed by atoms with Crippen molar-refractivity contribution in [3.63, 3.8) is 0 Å². The van der Waals surface area contributed by atoms with E-state index >= 15 is 4.39 Å². The lowest BCUT2D eigenvalue weighted by Crippen LogP contribution is -2.58. The molecule has 3 aromatic rings. The van der Waals surface area contributed by atoms with Gasteiger partial charge in [-0.05, 0) is 71.7 Å². The number of rotatable bonds is 7. The number of ether oxygens (including phenoxy) is 2. The van der Waals surface area contributed by atoms with Crippen LogP contribution in [0.1, 0.15) is 51.1 Å². The van der Waals surface area contributed by atoms with Crippen LogP contribution in [-0.2, 0) is 23.1 Å². The summed E-state index contributed by atoms with van der Waals surface area (Å²) < 4.78 is 28.7. The minimum atomic E-state index is -0.471. The number of imidazole rings is 1. The Morgan fingerprint density at radius 2 is 1.63 bits per heavy atom. The van der Waals surface area contributed by atoms with Crippen LogP contribution >= 0.6 is 0 Å². The van der Waals surface area contributed by atoms with Gasteiger partial charge in [0.15, 0.2) is 0 Å². The van der Waals surface area contributed by atoms with Gasteiger partial charge in [0.05, 0.1) is 35.3 Å². The summed E-state index contributed by atoms with van der Waals surface area (Å²) in [5.74, 6) is -0.471. The fraction of sp³-hybridized carbons (Fsp3) is 0.632. The van der Waals surface area contributed by atoms with Gasteiger partial charge >= 0.3 is 12.2 Å². The molecule has 5 fully saturated rings. The third-order valence-corrected chi connectivity index (χ3v) is 12.5. The van der Waals surface area contributed by atoms with E-state index in [4.69, 9.17) is 14.5 Å². The average Bonchev–Trinajstić information content (AvgIpc) is 3.84. The first kappa shape index (κ1) is 34.1. The van der Waals surface area contributed by atoms with E-state index in [1.807, 2.05) is 41.6 Å². The van der Waals surface area contributed by atoms with E-state index in [1.165, 1.54) is 0 Å². The van der Waals surface area contributed by atoms with Gasteiger partial charge in [-0.2, -0.15) is 0 Å². The van der Waals surface area contributed by atoms with E-state index < -0.39 is 11.9 Å². The van der Waals surface area contributed by atoms with E-state index in [9.17, 15) is 9.59 Å². The van der Waals surface area contributed by atoms with Crippen molar-refractivity contribution in [2.75, 3.05) is 78.0 Å². The molecule has 1 aromatic carbocycles. The molecule has 2 atom stereocenters. The average molecular weight is 703 g/mol. The SMILES string of the molecule is CCOC(=O)N1CC2(CC[C@@H](N3CCN(c4cc(F)c(COC(=O)N5CC6(CC[C@@H](N(C)C)C6)C5)nc4-c4ccc5c(c4)ncn5C)CC3)C2)C1. The first-order chi connectivity index (χ1) is 24.5. The fourth-order valence-electron chi connectivity index (χ4n) is 9.59. The third-order valence-electron chi connectivity index (χ3n) is 12.5. The lowest BCUT2D eigenvalue weighted by molar-refractivity contribution is -0.00591. The van der Waals surface area contributed by atoms with Crippen LogP contribution in [-0.4, -0.2) is 131 Å². The van der Waals surface area contributed by atoms with E-state index in [-0.39, 0.29) is 29.2 Å². The number of halogens is 1. The zero-order valence-electron chi connectivity index (χ0n) is 30.4. The standard InChI is InChI=1S/C38H51FN8O4/c1-5-50-35(48)46-23-38(24-46)11-9-28(19-38)44-12-14-45(15-13-44)33-17-29(39)31(41-34(33)26-6-7-32-30(16-26)40-25-43(32)4)20-51-36(49)47-21-37(22-47)10-8-27(18-37)42(2)3/h6-7,16-17,25,27-28H,5,8-15,18-24H2,1-4H3/t27-,28-/m1/s1. The fourth-order valence-corrected chi connectivity index (χ4v) is 9.59. The minimum absolute atomic E-state index is 0.124. The summed E-state index contributed by atoms with van der Waals surface area (Å²) in [4.78, 5) is 45.3. The van der Waals surface area contributed by atoms with E-state index in [0.717, 1.165) is 100 Å². The molecule has 13 heteroatoms. The number of likely N-dealkylation sites (tertiary alicyclic amines) is 2. The van der Waals surface area contributed by atoms with Crippen LogP contribution in [0.3, 0.4) is 0 Å². The highest BCUT2D eigenvalue weighted by atomic mass is 19.1. The van der Waals surface area contributed by atoms with Crippen molar-refractivity contribution < 1.29 is 23.5 Å². The number of amides is 2. The monoisotopic (exact) mass is 702 g/mol. The van der Waals surface area contributed by atoms with Crippen molar-refractivity contribution in [2.24, 2.45) is 17.9 Å². The van der Waals surface area contributed by atoms with Crippen LogP contribution < -0.4 is 4.90 Å². The molecule has 3 saturated heterocycles. The molecule has 0 N–H and O–H groups in total. The number of benzene rings is 1. The van der Waals surface area contributed by atoms with Gasteiger partial charge in [-0.25, -0.2) is 23.9 Å². The minimum Gasteiger partial charge on any atom is -0.450 e. The van der Waals surface area contributed by atoms with Gasteiger partial charge in [0.25, 0.3) is 0 Å². The third kappa shape index (κ3) is 6.41. The maximum atomic E-state index is 15.9. The number of aryl methyl sites for hydroxylation is 1. The number of nitrogens with zero attached hydrogens (tertiary/aromatic N) is 8. The normalized spacial score (nSPS) is 24.1. The molecule has 0 bridgehead atoms. The molecule has 2 aliphatic carbocycles. The van der Waals surface area contributed by atoms with Crippen molar-refractivity contribution in [3.8, 4) is 11.3 Å². The molecular weight excluding hydrogens is 651 g/mol. The summed E-state index contributed by atoms with van der Waals surface area (Å²) in [5, 5.41) is 0. The summed E-state index contributed by atoms with van der Waals surface area (Å²) in [6.45, 7) is 8.22. The number of fused-ring (bicyclic) bond motifs is 1. The van der Waals surface area contributed by atoms with Crippen LogP contribution in [0, 0.1) is 16.6 Å². The van der Waals surface area contributed by atoms with Crippen molar-refractivity contribution in [3.05, 3.63) is 42.1 Å². The Kier molecular flexibility index (Phi) is 8.85. The second-order valence-electron chi connectivity index (χ2n) is 16.1. The highest BCUT2D eigenvalue weighted by molar-refractivity contribution is 5.85. The van der Waals surface area contributed by atoms with Gasteiger partial charge in [-0.15, -0.1) is 0 Å². The van der Waals surface area contributed by atoms with Crippen molar-refractivity contribution in [1.82, 2.24) is 34.1 Å². The van der Waals surface area contributed by atoms with Crippen LogP contribution in [0.4, 0.5) is 19.7 Å². The number of hydrogen-bond acceptors (Lipinski definition) is 9. The largest absolute Gasteiger partial charge is 0.450 e. The second-order valence-corrected chi connectivity index (χ2v) is 16.1. The van der Waals surface area contributed by atoms with Crippen LogP contribution in [0.5, 0.6) is 0 Å². The Balaban J connectivity index is 0.948. The lowest BCUT2D eigenvalue weighted by Gasteiger charge is -2.48. The van der Waals surface area contributed by atoms with Gasteiger partial charge < -0.3 is 33.6 Å². The summed E-state index contributed by atoms with van der Waals surface area (Å²) in [6.07, 6.45) is 7.90. The number of hydrogen-bond donors (Lipinski definition) is 0. The molecule has 12 nitrogen and oxygen atoms in total.